The van der Waals surface area contributed by atoms with E-state index in [-0.39, 0.29) is 12.4 Å². The molecule has 0 N–H and O–H groups in total. The fourth-order valence-corrected chi connectivity index (χ4v) is 1.59. The van der Waals surface area contributed by atoms with Gasteiger partial charge >= 0.3 is 5.97 Å². The van der Waals surface area contributed by atoms with Crippen molar-refractivity contribution in [3.8, 4) is 0 Å². The average Bonchev–Trinajstić information content (AvgIpc) is 2.60. The zero-order chi connectivity index (χ0) is 11.7. The number of aryl methyl sites for hydroxylation is 1. The van der Waals surface area contributed by atoms with Gasteiger partial charge in [-0.1, -0.05) is 29.8 Å². The largest absolute Gasteiger partial charge is 0.457 e. The van der Waals surface area contributed by atoms with E-state index < -0.39 is 5.97 Å². The van der Waals surface area contributed by atoms with Crippen molar-refractivity contribution in [1.29, 1.82) is 0 Å². The average molecular weight is 216 g/mol. The number of carbonyl (C=O) groups is 2. The Hall–Kier alpha value is -1.90. The van der Waals surface area contributed by atoms with Crippen molar-refractivity contribution in [2.24, 2.45) is 0 Å². The summed E-state index contributed by atoms with van der Waals surface area (Å²) in [6.45, 7) is 3.68. The topological polar surface area (TPSA) is 43.4 Å². The SMILES string of the molecule is CC1=C(C(=O)c2ccc(C)cc2)COC1=O. The Balaban J connectivity index is 2.33. The molecule has 0 saturated heterocycles. The van der Waals surface area contributed by atoms with E-state index in [1.165, 1.54) is 0 Å². The standard InChI is InChI=1S/C13H12O3/c1-8-3-5-10(6-4-8)12(14)11-7-16-13(15)9(11)2/h3-6H,7H2,1-2H3. The molecule has 1 aromatic carbocycles. The smallest absolute Gasteiger partial charge is 0.334 e. The van der Waals surface area contributed by atoms with E-state index in [1.54, 1.807) is 19.1 Å². The van der Waals surface area contributed by atoms with Crippen molar-refractivity contribution < 1.29 is 14.3 Å². The lowest BCUT2D eigenvalue weighted by atomic mass is 10.0. The van der Waals surface area contributed by atoms with E-state index in [2.05, 4.69) is 0 Å². The number of ether oxygens (including phenoxy) is 1. The number of esters is 1. The minimum absolute atomic E-state index is 0.0946. The number of Topliss-reactive ketones (excluding diaryl/α,β-unsaturated/α-hetero) is 1. The van der Waals surface area contributed by atoms with Crippen LogP contribution in [-0.2, 0) is 9.53 Å². The fraction of sp³-hybridized carbons (Fsp3) is 0.231. The van der Waals surface area contributed by atoms with Crippen LogP contribution in [-0.4, -0.2) is 18.4 Å². The monoisotopic (exact) mass is 216 g/mol. The van der Waals surface area contributed by atoms with Crippen LogP contribution in [0.5, 0.6) is 0 Å². The highest BCUT2D eigenvalue weighted by molar-refractivity contribution is 6.14. The first-order valence-corrected chi connectivity index (χ1v) is 5.08. The summed E-state index contributed by atoms with van der Waals surface area (Å²) in [7, 11) is 0. The van der Waals surface area contributed by atoms with Crippen molar-refractivity contribution >= 4 is 11.8 Å². The number of ketones is 1. The van der Waals surface area contributed by atoms with Gasteiger partial charge in [-0.2, -0.15) is 0 Å². The molecule has 0 aromatic heterocycles. The molecule has 0 bridgehead atoms. The summed E-state index contributed by atoms with van der Waals surface area (Å²) in [6, 6.07) is 7.28. The van der Waals surface area contributed by atoms with Gasteiger partial charge in [-0.3, -0.25) is 4.79 Å². The Bertz CT molecular complexity index is 480. The third-order valence-corrected chi connectivity index (χ3v) is 2.69. The molecule has 0 spiro atoms. The van der Waals surface area contributed by atoms with Crippen LogP contribution < -0.4 is 0 Å². The van der Waals surface area contributed by atoms with Crippen molar-refractivity contribution in [3.63, 3.8) is 0 Å². The van der Waals surface area contributed by atoms with Gasteiger partial charge in [0.1, 0.15) is 6.61 Å². The molecule has 3 nitrogen and oxygen atoms in total. The Kier molecular flexibility index (Phi) is 2.60. The molecular weight excluding hydrogens is 204 g/mol. The molecule has 0 atom stereocenters. The molecule has 0 fully saturated rings. The number of cyclic esters (lactones) is 1. The minimum Gasteiger partial charge on any atom is -0.457 e. The number of benzene rings is 1. The molecule has 82 valence electrons. The van der Waals surface area contributed by atoms with Gasteiger partial charge in [0.25, 0.3) is 0 Å². The van der Waals surface area contributed by atoms with Gasteiger partial charge in [-0.25, -0.2) is 4.79 Å². The Morgan fingerprint density at radius 3 is 2.31 bits per heavy atom. The first-order chi connectivity index (χ1) is 7.59. The summed E-state index contributed by atoms with van der Waals surface area (Å²) in [5.41, 5.74) is 2.58. The third kappa shape index (κ3) is 1.76. The fourth-order valence-electron chi connectivity index (χ4n) is 1.59. The van der Waals surface area contributed by atoms with Crippen molar-refractivity contribution in [3.05, 3.63) is 46.5 Å². The van der Waals surface area contributed by atoms with Crippen LogP contribution in [0.4, 0.5) is 0 Å². The van der Waals surface area contributed by atoms with Crippen LogP contribution in [0.3, 0.4) is 0 Å². The van der Waals surface area contributed by atoms with Gasteiger partial charge in [0.2, 0.25) is 0 Å². The normalized spacial score (nSPS) is 15.2. The highest BCUT2D eigenvalue weighted by Crippen LogP contribution is 2.19. The first kappa shape index (κ1) is 10.6. The summed E-state index contributed by atoms with van der Waals surface area (Å²) >= 11 is 0. The molecule has 1 aliphatic heterocycles. The van der Waals surface area contributed by atoms with E-state index >= 15 is 0 Å². The number of hydrogen-bond donors (Lipinski definition) is 0. The Morgan fingerprint density at radius 2 is 1.81 bits per heavy atom. The zero-order valence-electron chi connectivity index (χ0n) is 9.24. The molecular formula is C13H12O3. The van der Waals surface area contributed by atoms with Gasteiger partial charge < -0.3 is 4.74 Å². The molecule has 2 rings (SSSR count). The summed E-state index contributed by atoms with van der Waals surface area (Å²) in [5, 5.41) is 0. The third-order valence-electron chi connectivity index (χ3n) is 2.69. The van der Waals surface area contributed by atoms with Gasteiger partial charge in [0, 0.05) is 16.7 Å². The van der Waals surface area contributed by atoms with Gasteiger partial charge in [0.15, 0.2) is 5.78 Å². The highest BCUT2D eigenvalue weighted by atomic mass is 16.5. The molecule has 0 unspecified atom stereocenters. The van der Waals surface area contributed by atoms with Crippen molar-refractivity contribution in [2.75, 3.05) is 6.61 Å². The molecule has 1 heterocycles. The maximum absolute atomic E-state index is 12.0. The molecule has 0 aliphatic carbocycles. The van der Waals surface area contributed by atoms with Gasteiger partial charge in [-0.05, 0) is 13.8 Å². The lowest BCUT2D eigenvalue weighted by Crippen LogP contribution is -2.05. The Morgan fingerprint density at radius 1 is 1.19 bits per heavy atom. The van der Waals surface area contributed by atoms with E-state index in [9.17, 15) is 9.59 Å². The van der Waals surface area contributed by atoms with Gasteiger partial charge in [0.05, 0.1) is 0 Å². The summed E-state index contributed by atoms with van der Waals surface area (Å²) < 4.78 is 4.81. The maximum atomic E-state index is 12.0. The Labute approximate surface area is 93.7 Å². The molecule has 0 amide bonds. The molecule has 16 heavy (non-hydrogen) atoms. The number of rotatable bonds is 2. The summed E-state index contributed by atoms with van der Waals surface area (Å²) in [6.07, 6.45) is 0. The number of carbonyl (C=O) groups excluding carboxylic acids is 2. The first-order valence-electron chi connectivity index (χ1n) is 5.08. The predicted octanol–water partition coefficient (Wildman–Crippen LogP) is 2.05. The maximum Gasteiger partial charge on any atom is 0.334 e. The number of hydrogen-bond acceptors (Lipinski definition) is 3. The molecule has 0 saturated carbocycles. The second-order valence-corrected chi connectivity index (χ2v) is 3.87. The predicted molar refractivity (Wildman–Crippen MR) is 59.2 cm³/mol. The molecule has 1 aliphatic rings. The summed E-state index contributed by atoms with van der Waals surface area (Å²) in [5.74, 6) is -0.515. The molecule has 3 heteroatoms. The highest BCUT2D eigenvalue weighted by Gasteiger charge is 2.26. The van der Waals surface area contributed by atoms with E-state index in [0.717, 1.165) is 5.56 Å². The van der Waals surface area contributed by atoms with E-state index in [1.807, 2.05) is 19.1 Å². The van der Waals surface area contributed by atoms with Crippen LogP contribution in [0.25, 0.3) is 0 Å². The summed E-state index contributed by atoms with van der Waals surface area (Å²) in [4.78, 5) is 23.2. The van der Waals surface area contributed by atoms with Crippen LogP contribution >= 0.6 is 0 Å². The molecule has 1 aromatic rings. The van der Waals surface area contributed by atoms with Gasteiger partial charge in [-0.15, -0.1) is 0 Å². The van der Waals surface area contributed by atoms with E-state index in [4.69, 9.17) is 4.74 Å². The van der Waals surface area contributed by atoms with Crippen molar-refractivity contribution in [1.82, 2.24) is 0 Å². The van der Waals surface area contributed by atoms with Crippen LogP contribution in [0.2, 0.25) is 0 Å². The van der Waals surface area contributed by atoms with Crippen LogP contribution in [0, 0.1) is 6.92 Å². The van der Waals surface area contributed by atoms with E-state index in [0.29, 0.717) is 16.7 Å². The zero-order valence-corrected chi connectivity index (χ0v) is 9.24. The lowest BCUT2D eigenvalue weighted by molar-refractivity contribution is -0.135. The second-order valence-electron chi connectivity index (χ2n) is 3.87. The minimum atomic E-state index is -0.393. The van der Waals surface area contributed by atoms with Crippen LogP contribution in [0.1, 0.15) is 22.8 Å². The lowest BCUT2D eigenvalue weighted by Gasteiger charge is -2.01. The quantitative estimate of drug-likeness (QED) is 0.561. The molecule has 0 radical (unpaired) electrons. The van der Waals surface area contributed by atoms with Crippen LogP contribution in [0.15, 0.2) is 35.4 Å². The second kappa shape index (κ2) is 3.93. The van der Waals surface area contributed by atoms with Crippen molar-refractivity contribution in [2.45, 2.75) is 13.8 Å².